The molecule has 1 saturated carbocycles. The minimum atomic E-state index is -0.252. The van der Waals surface area contributed by atoms with E-state index in [1.807, 2.05) is 35.8 Å². The molecule has 10 nitrogen and oxygen atoms in total. The number of amides is 1. The number of carbonyl (C=O) groups excluding carboxylic acids is 1. The Morgan fingerprint density at radius 1 is 1.27 bits per heavy atom. The van der Waals surface area contributed by atoms with E-state index in [2.05, 4.69) is 45.2 Å². The third kappa shape index (κ3) is 6.37. The maximum absolute atomic E-state index is 12.6. The SMILES string of the molecule is [C-]#[N+]C[C@H]1CN(c2nc(OCC3(N(C)C)CCC(c4nccs4)C3)nc3c2CCN(c2ccccc2Cl)C3)CCN1C(=O)C=C. The van der Waals surface area contributed by atoms with Crippen molar-refractivity contribution in [1.29, 1.82) is 0 Å². The van der Waals surface area contributed by atoms with E-state index in [0.717, 1.165) is 55.0 Å². The number of likely N-dealkylation sites (N-methyl/N-ethyl adjacent to an activating group) is 1. The van der Waals surface area contributed by atoms with Crippen LogP contribution in [0, 0.1) is 6.57 Å². The van der Waals surface area contributed by atoms with E-state index >= 15 is 0 Å². The number of carbonyl (C=O) groups is 1. The number of benzene rings is 1. The van der Waals surface area contributed by atoms with Crippen molar-refractivity contribution in [3.05, 3.63) is 81.2 Å². The summed E-state index contributed by atoms with van der Waals surface area (Å²) in [5.74, 6) is 1.10. The van der Waals surface area contributed by atoms with Crippen LogP contribution in [-0.4, -0.2) is 95.7 Å². The van der Waals surface area contributed by atoms with Crippen molar-refractivity contribution in [2.75, 3.05) is 63.2 Å². The first-order valence-corrected chi connectivity index (χ1v) is 16.7. The zero-order chi connectivity index (χ0) is 31.6. The Hall–Kier alpha value is -3.72. The molecule has 2 aromatic heterocycles. The summed E-state index contributed by atoms with van der Waals surface area (Å²) in [5.41, 5.74) is 2.82. The number of para-hydroxylation sites is 1. The van der Waals surface area contributed by atoms with E-state index < -0.39 is 0 Å². The van der Waals surface area contributed by atoms with Gasteiger partial charge >= 0.3 is 6.01 Å². The molecule has 3 aromatic rings. The molecule has 1 saturated heterocycles. The van der Waals surface area contributed by atoms with Crippen LogP contribution in [0.2, 0.25) is 5.02 Å². The van der Waals surface area contributed by atoms with Gasteiger partial charge < -0.3 is 29.2 Å². The second-order valence-corrected chi connectivity index (χ2v) is 13.6. The lowest BCUT2D eigenvalue weighted by Crippen LogP contribution is -2.56. The highest BCUT2D eigenvalue weighted by molar-refractivity contribution is 7.09. The van der Waals surface area contributed by atoms with Crippen molar-refractivity contribution in [2.24, 2.45) is 0 Å². The number of aromatic nitrogens is 3. The van der Waals surface area contributed by atoms with Crippen LogP contribution in [0.15, 0.2) is 48.5 Å². The highest BCUT2D eigenvalue weighted by Crippen LogP contribution is 2.44. The molecule has 6 rings (SSSR count). The van der Waals surface area contributed by atoms with Crippen LogP contribution >= 0.6 is 22.9 Å². The third-order valence-electron chi connectivity index (χ3n) is 9.56. The van der Waals surface area contributed by atoms with Crippen LogP contribution in [0.4, 0.5) is 11.5 Å². The van der Waals surface area contributed by atoms with Crippen LogP contribution in [0.25, 0.3) is 4.85 Å². The van der Waals surface area contributed by atoms with Crippen molar-refractivity contribution in [3.63, 3.8) is 0 Å². The predicted octanol–water partition coefficient (Wildman–Crippen LogP) is 4.92. The van der Waals surface area contributed by atoms with Gasteiger partial charge in [-0.15, -0.1) is 11.3 Å². The van der Waals surface area contributed by atoms with Gasteiger partial charge in [0.15, 0.2) is 0 Å². The lowest BCUT2D eigenvalue weighted by Gasteiger charge is -2.41. The Balaban J connectivity index is 1.30. The van der Waals surface area contributed by atoms with E-state index in [1.165, 1.54) is 11.1 Å². The van der Waals surface area contributed by atoms with Crippen molar-refractivity contribution < 1.29 is 9.53 Å². The molecule has 12 heteroatoms. The Labute approximate surface area is 274 Å². The van der Waals surface area contributed by atoms with Crippen molar-refractivity contribution in [3.8, 4) is 6.01 Å². The van der Waals surface area contributed by atoms with Crippen molar-refractivity contribution >= 4 is 40.4 Å². The first-order chi connectivity index (χ1) is 21.8. The monoisotopic (exact) mass is 646 g/mol. The zero-order valence-electron chi connectivity index (χ0n) is 25.9. The van der Waals surface area contributed by atoms with Gasteiger partial charge in [-0.2, -0.15) is 9.97 Å². The van der Waals surface area contributed by atoms with Gasteiger partial charge in [0.2, 0.25) is 12.5 Å². The van der Waals surface area contributed by atoms with Crippen molar-refractivity contribution in [1.82, 2.24) is 24.8 Å². The van der Waals surface area contributed by atoms with Crippen LogP contribution < -0.4 is 14.5 Å². The summed E-state index contributed by atoms with van der Waals surface area (Å²) in [6.07, 6.45) is 6.98. The lowest BCUT2D eigenvalue weighted by molar-refractivity contribution is -0.128. The van der Waals surface area contributed by atoms with E-state index in [-0.39, 0.29) is 24.0 Å². The number of nitrogens with zero attached hydrogens (tertiary/aromatic N) is 8. The molecule has 1 amide bonds. The van der Waals surface area contributed by atoms with Gasteiger partial charge in [-0.1, -0.05) is 30.3 Å². The van der Waals surface area contributed by atoms with Crippen LogP contribution in [0.3, 0.4) is 0 Å². The summed E-state index contributed by atoms with van der Waals surface area (Å²) in [6.45, 7) is 14.8. The summed E-state index contributed by atoms with van der Waals surface area (Å²) in [6, 6.07) is 7.99. The Bertz CT molecular complexity index is 1580. The number of hydrogen-bond acceptors (Lipinski definition) is 9. The average molecular weight is 647 g/mol. The summed E-state index contributed by atoms with van der Waals surface area (Å²) >= 11 is 8.33. The molecule has 236 valence electrons. The minimum absolute atomic E-state index is 0.144. The van der Waals surface area contributed by atoms with Crippen LogP contribution in [0.1, 0.15) is 41.4 Å². The molecular formula is C33H39ClN8O2S. The lowest BCUT2D eigenvalue weighted by atomic mass is 9.95. The summed E-state index contributed by atoms with van der Waals surface area (Å²) in [4.78, 5) is 39.4. The van der Waals surface area contributed by atoms with E-state index in [1.54, 1.807) is 16.2 Å². The van der Waals surface area contributed by atoms with Gasteiger partial charge in [-0.3, -0.25) is 4.79 Å². The number of fused-ring (bicyclic) bond motifs is 1. The molecule has 3 aliphatic rings. The maximum atomic E-state index is 12.6. The van der Waals surface area contributed by atoms with Crippen LogP contribution in [0.5, 0.6) is 6.01 Å². The van der Waals surface area contributed by atoms with Gasteiger partial charge in [0.05, 0.1) is 33.5 Å². The summed E-state index contributed by atoms with van der Waals surface area (Å²) < 4.78 is 6.56. The van der Waals surface area contributed by atoms with Gasteiger partial charge in [0, 0.05) is 49.2 Å². The molecule has 2 fully saturated rings. The molecule has 3 atom stereocenters. The van der Waals surface area contributed by atoms with Gasteiger partial charge in [-0.25, -0.2) is 11.6 Å². The van der Waals surface area contributed by atoms with E-state index in [9.17, 15) is 4.79 Å². The fourth-order valence-corrected chi connectivity index (χ4v) is 7.99. The van der Waals surface area contributed by atoms with Gasteiger partial charge in [0.1, 0.15) is 18.5 Å². The molecule has 45 heavy (non-hydrogen) atoms. The second-order valence-electron chi connectivity index (χ2n) is 12.3. The largest absolute Gasteiger partial charge is 0.461 e. The topological polar surface area (TPSA) is 82.3 Å². The predicted molar refractivity (Wildman–Crippen MR) is 178 cm³/mol. The number of halogens is 1. The Kier molecular flexibility index (Phi) is 9.26. The number of hydrogen-bond donors (Lipinski definition) is 0. The smallest absolute Gasteiger partial charge is 0.318 e. The molecule has 2 aliphatic heterocycles. The zero-order valence-corrected chi connectivity index (χ0v) is 27.4. The molecule has 1 aromatic carbocycles. The first-order valence-electron chi connectivity index (χ1n) is 15.4. The Morgan fingerprint density at radius 2 is 2.11 bits per heavy atom. The maximum Gasteiger partial charge on any atom is 0.318 e. The Morgan fingerprint density at radius 3 is 2.84 bits per heavy atom. The summed E-state index contributed by atoms with van der Waals surface area (Å²) in [5, 5.41) is 3.94. The molecule has 0 spiro atoms. The molecule has 0 N–H and O–H groups in total. The van der Waals surface area contributed by atoms with Crippen LogP contribution in [-0.2, 0) is 17.8 Å². The molecule has 4 heterocycles. The summed E-state index contributed by atoms with van der Waals surface area (Å²) in [7, 11) is 4.24. The normalized spacial score (nSPS) is 23.1. The average Bonchev–Trinajstić information content (AvgIpc) is 3.75. The number of thiazole rings is 1. The molecular weight excluding hydrogens is 608 g/mol. The highest BCUT2D eigenvalue weighted by Gasteiger charge is 2.43. The highest BCUT2D eigenvalue weighted by atomic mass is 35.5. The molecule has 1 aliphatic carbocycles. The van der Waals surface area contributed by atoms with Crippen molar-refractivity contribution in [2.45, 2.75) is 49.7 Å². The fourth-order valence-electron chi connectivity index (χ4n) is 6.96. The quantitative estimate of drug-likeness (QED) is 0.240. The van der Waals surface area contributed by atoms with Gasteiger partial charge in [-0.05, 0) is 58.0 Å². The molecule has 2 unspecified atom stereocenters. The van der Waals surface area contributed by atoms with E-state index in [0.29, 0.717) is 49.7 Å². The molecule has 0 bridgehead atoms. The number of anilines is 2. The third-order valence-corrected chi connectivity index (χ3v) is 10.8. The number of rotatable bonds is 9. The minimum Gasteiger partial charge on any atom is -0.461 e. The molecule has 0 radical (unpaired) electrons. The number of piperazine rings is 1. The first kappa shape index (κ1) is 31.3. The number of ether oxygens (including phenoxy) is 1. The second kappa shape index (κ2) is 13.3. The standard InChI is InChI=1S/C33H39ClN8O2S/c1-5-29(43)42-16-15-41(20-24(42)19-35-2)30-25-11-14-40(28-9-7-6-8-26(28)34)21-27(25)37-32(38-30)44-22-33(39(3)4)12-10-23(18-33)31-36-13-17-45-31/h5-9,13,17,23-24H,1,10-12,14-16,18-22H2,3-4H3/t23?,24-,33?/m0/s1. The van der Waals surface area contributed by atoms with E-state index in [4.69, 9.17) is 32.9 Å². The fraction of sp³-hybridized carbons (Fsp3) is 0.485. The van der Waals surface area contributed by atoms with Gasteiger partial charge in [0.25, 0.3) is 0 Å².